The normalized spacial score (nSPS) is 18.9. The third-order valence-corrected chi connectivity index (χ3v) is 5.85. The molecule has 0 aliphatic carbocycles. The fourth-order valence-corrected chi connectivity index (χ4v) is 4.44. The van der Waals surface area contributed by atoms with Crippen molar-refractivity contribution < 1.29 is 17.9 Å². The van der Waals surface area contributed by atoms with Gasteiger partial charge in [0.1, 0.15) is 12.5 Å². The topological polar surface area (TPSA) is 55.8 Å². The van der Waals surface area contributed by atoms with E-state index < -0.39 is 15.6 Å². The summed E-state index contributed by atoms with van der Waals surface area (Å²) < 4.78 is 38.1. The summed E-state index contributed by atoms with van der Waals surface area (Å²) in [6.07, 6.45) is 0. The molecule has 1 aromatic rings. The Labute approximate surface area is 126 Å². The first-order valence-electron chi connectivity index (χ1n) is 7.05. The highest BCUT2D eigenvalue weighted by Crippen LogP contribution is 2.33. The molecule has 1 saturated heterocycles. The molecule has 21 heavy (non-hydrogen) atoms. The van der Waals surface area contributed by atoms with Gasteiger partial charge in [-0.1, -0.05) is 0 Å². The first-order valence-corrected chi connectivity index (χ1v) is 8.49. The minimum Gasteiger partial charge on any atom is -0.494 e. The van der Waals surface area contributed by atoms with Crippen LogP contribution in [-0.4, -0.2) is 38.2 Å². The van der Waals surface area contributed by atoms with E-state index in [-0.39, 0.29) is 6.73 Å². The predicted octanol–water partition coefficient (Wildman–Crippen LogP) is 2.46. The fraction of sp³-hybridized carbons (Fsp3) is 0.600. The van der Waals surface area contributed by atoms with Gasteiger partial charge in [-0.05, 0) is 57.9 Å². The average Bonchev–Trinajstić information content (AvgIpc) is 2.74. The van der Waals surface area contributed by atoms with E-state index in [1.807, 2.05) is 27.7 Å². The van der Waals surface area contributed by atoms with Crippen molar-refractivity contribution in [2.75, 3.05) is 19.9 Å². The minimum absolute atomic E-state index is 0.0982. The lowest BCUT2D eigenvalue weighted by Gasteiger charge is -2.29. The average molecular weight is 313 g/mol. The molecule has 0 saturated carbocycles. The lowest BCUT2D eigenvalue weighted by atomic mass is 10.1. The first kappa shape index (κ1) is 16.3. The number of hydrogen-bond acceptors (Lipinski definition) is 4. The number of benzene rings is 1. The van der Waals surface area contributed by atoms with Crippen molar-refractivity contribution in [2.45, 2.75) is 45.1 Å². The molecule has 0 aromatic heterocycles. The summed E-state index contributed by atoms with van der Waals surface area (Å²) >= 11 is 0. The number of hydrogen-bond donors (Lipinski definition) is 0. The second-order valence-corrected chi connectivity index (χ2v) is 7.79. The van der Waals surface area contributed by atoms with Crippen LogP contribution in [0.3, 0.4) is 0 Å². The third-order valence-electron chi connectivity index (χ3n) is 3.68. The maximum absolute atomic E-state index is 12.9. The maximum atomic E-state index is 12.9. The molecule has 1 heterocycles. The molecule has 6 heteroatoms. The number of sulfonamides is 1. The largest absolute Gasteiger partial charge is 0.494 e. The van der Waals surface area contributed by atoms with E-state index in [9.17, 15) is 8.42 Å². The van der Waals surface area contributed by atoms with Gasteiger partial charge in [-0.25, -0.2) is 8.42 Å². The molecular weight excluding hydrogens is 290 g/mol. The molecule has 0 amide bonds. The Morgan fingerprint density at radius 1 is 1.29 bits per heavy atom. The Kier molecular flexibility index (Phi) is 4.33. The smallest absolute Gasteiger partial charge is 0.245 e. The van der Waals surface area contributed by atoms with Gasteiger partial charge in [0.2, 0.25) is 10.0 Å². The van der Waals surface area contributed by atoms with Gasteiger partial charge in [0.05, 0.1) is 23.6 Å². The van der Waals surface area contributed by atoms with E-state index in [4.69, 9.17) is 9.47 Å². The second kappa shape index (κ2) is 5.59. The van der Waals surface area contributed by atoms with Gasteiger partial charge in [0.15, 0.2) is 0 Å². The van der Waals surface area contributed by atoms with Crippen LogP contribution < -0.4 is 4.74 Å². The van der Waals surface area contributed by atoms with Crippen molar-refractivity contribution >= 4 is 10.0 Å². The Bertz CT molecular complexity index is 637. The van der Waals surface area contributed by atoms with Crippen LogP contribution in [-0.2, 0) is 14.8 Å². The summed E-state index contributed by atoms with van der Waals surface area (Å²) in [5.74, 6) is 0.728. The van der Waals surface area contributed by atoms with Crippen molar-refractivity contribution in [3.05, 3.63) is 23.3 Å². The van der Waals surface area contributed by atoms with Crippen LogP contribution in [0.5, 0.6) is 5.75 Å². The highest BCUT2D eigenvalue weighted by Gasteiger charge is 2.42. The standard InChI is InChI=1S/C15H23NO4S/c1-6-20-13-7-12(3)14(8-11(13)2)21(17,18)16-10-19-9-15(16,4)5/h7-8H,6,9-10H2,1-5H3. The second-order valence-electron chi connectivity index (χ2n) is 5.96. The molecular formula is C15H23NO4S. The zero-order valence-corrected chi connectivity index (χ0v) is 14.1. The van der Waals surface area contributed by atoms with E-state index in [1.165, 1.54) is 4.31 Å². The SMILES string of the molecule is CCOc1cc(C)c(S(=O)(=O)N2COCC2(C)C)cc1C. The molecule has 0 N–H and O–H groups in total. The molecule has 2 rings (SSSR count). The van der Waals surface area contributed by atoms with Gasteiger partial charge >= 0.3 is 0 Å². The van der Waals surface area contributed by atoms with Gasteiger partial charge < -0.3 is 9.47 Å². The van der Waals surface area contributed by atoms with Gasteiger partial charge in [-0.2, -0.15) is 4.31 Å². The fourth-order valence-electron chi connectivity index (χ4n) is 2.49. The minimum atomic E-state index is -3.58. The molecule has 0 unspecified atom stereocenters. The van der Waals surface area contributed by atoms with Crippen molar-refractivity contribution in [1.29, 1.82) is 0 Å². The molecule has 1 aliphatic heterocycles. The molecule has 5 nitrogen and oxygen atoms in total. The molecule has 1 fully saturated rings. The lowest BCUT2D eigenvalue weighted by Crippen LogP contribution is -2.44. The summed E-state index contributed by atoms with van der Waals surface area (Å²) in [6.45, 7) is 10.3. The van der Waals surface area contributed by atoms with Crippen LogP contribution in [0, 0.1) is 13.8 Å². The molecule has 0 atom stereocenters. The van der Waals surface area contributed by atoms with E-state index in [0.717, 1.165) is 11.3 Å². The zero-order valence-electron chi connectivity index (χ0n) is 13.3. The highest BCUT2D eigenvalue weighted by atomic mass is 32.2. The Morgan fingerprint density at radius 3 is 2.48 bits per heavy atom. The summed E-state index contributed by atoms with van der Waals surface area (Å²) in [5.41, 5.74) is 0.975. The van der Waals surface area contributed by atoms with Gasteiger partial charge in [0.25, 0.3) is 0 Å². The number of aryl methyl sites for hydroxylation is 2. The molecule has 0 spiro atoms. The van der Waals surface area contributed by atoms with Gasteiger partial charge in [-0.15, -0.1) is 0 Å². The van der Waals surface area contributed by atoms with Crippen molar-refractivity contribution in [3.63, 3.8) is 0 Å². The van der Waals surface area contributed by atoms with Crippen LogP contribution in [0.2, 0.25) is 0 Å². The number of rotatable bonds is 4. The molecule has 1 aliphatic rings. The summed E-state index contributed by atoms with van der Waals surface area (Å²) in [4.78, 5) is 0.321. The summed E-state index contributed by atoms with van der Waals surface area (Å²) in [5, 5.41) is 0. The van der Waals surface area contributed by atoms with E-state index in [0.29, 0.717) is 23.7 Å². The summed E-state index contributed by atoms with van der Waals surface area (Å²) in [6, 6.07) is 3.47. The molecule has 0 radical (unpaired) electrons. The van der Waals surface area contributed by atoms with Crippen LogP contribution in [0.4, 0.5) is 0 Å². The van der Waals surface area contributed by atoms with Crippen LogP contribution in [0.15, 0.2) is 17.0 Å². The van der Waals surface area contributed by atoms with Crippen molar-refractivity contribution in [3.8, 4) is 5.75 Å². The summed E-state index contributed by atoms with van der Waals surface area (Å²) in [7, 11) is -3.58. The van der Waals surface area contributed by atoms with E-state index >= 15 is 0 Å². The quantitative estimate of drug-likeness (QED) is 0.857. The number of ether oxygens (including phenoxy) is 2. The lowest BCUT2D eigenvalue weighted by molar-refractivity contribution is 0.171. The Hall–Kier alpha value is -1.11. The maximum Gasteiger partial charge on any atom is 0.245 e. The first-order chi connectivity index (χ1) is 9.70. The van der Waals surface area contributed by atoms with Crippen molar-refractivity contribution in [1.82, 2.24) is 4.31 Å². The van der Waals surface area contributed by atoms with Crippen LogP contribution >= 0.6 is 0 Å². The highest BCUT2D eigenvalue weighted by molar-refractivity contribution is 7.89. The third kappa shape index (κ3) is 2.93. The number of nitrogens with zero attached hydrogens (tertiary/aromatic N) is 1. The van der Waals surface area contributed by atoms with Crippen molar-refractivity contribution in [2.24, 2.45) is 0 Å². The van der Waals surface area contributed by atoms with Crippen LogP contribution in [0.25, 0.3) is 0 Å². The predicted molar refractivity (Wildman–Crippen MR) is 81.0 cm³/mol. The van der Waals surface area contributed by atoms with Gasteiger partial charge in [0, 0.05) is 0 Å². The van der Waals surface area contributed by atoms with Gasteiger partial charge in [-0.3, -0.25) is 0 Å². The molecule has 1 aromatic carbocycles. The Balaban J connectivity index is 2.48. The van der Waals surface area contributed by atoms with E-state index in [1.54, 1.807) is 19.1 Å². The van der Waals surface area contributed by atoms with Crippen LogP contribution in [0.1, 0.15) is 31.9 Å². The molecule has 0 bridgehead atoms. The monoisotopic (exact) mass is 313 g/mol. The van der Waals surface area contributed by atoms with E-state index in [2.05, 4.69) is 0 Å². The molecule has 118 valence electrons. The Morgan fingerprint density at radius 2 is 1.95 bits per heavy atom. The zero-order chi connectivity index (χ0) is 15.8.